The monoisotopic (exact) mass is 270 g/mol. The van der Waals surface area contributed by atoms with E-state index >= 15 is 0 Å². The third-order valence-electron chi connectivity index (χ3n) is 3.55. The molecular formula is C17H17FNO. The Bertz CT molecular complexity index is 558. The van der Waals surface area contributed by atoms with Crippen molar-refractivity contribution in [2.45, 2.75) is 25.0 Å². The van der Waals surface area contributed by atoms with Gasteiger partial charge in [-0.15, -0.1) is 0 Å². The maximum Gasteiger partial charge on any atom is 0.126 e. The average molecular weight is 270 g/mol. The number of rotatable bonds is 3. The van der Waals surface area contributed by atoms with E-state index in [4.69, 9.17) is 4.74 Å². The molecule has 0 aliphatic carbocycles. The zero-order chi connectivity index (χ0) is 13.8. The Hall–Kier alpha value is -1.87. The molecule has 0 bridgehead atoms. The summed E-state index contributed by atoms with van der Waals surface area (Å²) >= 11 is 0. The van der Waals surface area contributed by atoms with Gasteiger partial charge in [0, 0.05) is 6.07 Å². The first-order valence-electron chi connectivity index (χ1n) is 6.95. The van der Waals surface area contributed by atoms with Gasteiger partial charge in [0.15, 0.2) is 0 Å². The molecule has 3 rings (SSSR count). The molecule has 103 valence electrons. The van der Waals surface area contributed by atoms with E-state index in [0.29, 0.717) is 5.75 Å². The highest BCUT2D eigenvalue weighted by Crippen LogP contribution is 2.27. The van der Waals surface area contributed by atoms with Crippen LogP contribution in [-0.2, 0) is 0 Å². The van der Waals surface area contributed by atoms with Crippen LogP contribution in [0.5, 0.6) is 5.75 Å². The predicted octanol–water partition coefficient (Wildman–Crippen LogP) is 3.50. The third-order valence-corrected chi connectivity index (χ3v) is 3.55. The molecule has 0 amide bonds. The molecule has 2 aromatic carbocycles. The van der Waals surface area contributed by atoms with E-state index < -0.39 is 0 Å². The van der Waals surface area contributed by atoms with Crippen LogP contribution in [0, 0.1) is 11.9 Å². The first-order chi connectivity index (χ1) is 9.83. The van der Waals surface area contributed by atoms with Crippen molar-refractivity contribution >= 4 is 0 Å². The van der Waals surface area contributed by atoms with Gasteiger partial charge in [0.05, 0.1) is 6.04 Å². The van der Waals surface area contributed by atoms with E-state index in [2.05, 4.69) is 11.4 Å². The van der Waals surface area contributed by atoms with Crippen LogP contribution < -0.4 is 10.1 Å². The second-order valence-electron chi connectivity index (χ2n) is 5.01. The van der Waals surface area contributed by atoms with Crippen LogP contribution in [0.15, 0.2) is 48.5 Å². The van der Waals surface area contributed by atoms with Crippen molar-refractivity contribution in [2.75, 3.05) is 6.54 Å². The van der Waals surface area contributed by atoms with Crippen LogP contribution in [0.3, 0.4) is 0 Å². The standard InChI is InChI=1S/C17H17FNO/c18-14-8-4-9-15(12-14)20-16-10-5-11-19-17(16)13-6-2-1-3-7-13/h1-4,6,8-9,12,16-17,19H,5,10-11H2. The average Bonchev–Trinajstić information content (AvgIpc) is 2.49. The molecule has 0 spiro atoms. The van der Waals surface area contributed by atoms with Gasteiger partial charge in [0.1, 0.15) is 17.7 Å². The van der Waals surface area contributed by atoms with Crippen LogP contribution in [0.25, 0.3) is 0 Å². The van der Waals surface area contributed by atoms with Gasteiger partial charge in [-0.2, -0.15) is 0 Å². The van der Waals surface area contributed by atoms with Crippen molar-refractivity contribution in [1.82, 2.24) is 5.32 Å². The van der Waals surface area contributed by atoms with Gasteiger partial charge in [-0.25, -0.2) is 4.39 Å². The summed E-state index contributed by atoms with van der Waals surface area (Å²) in [5, 5.41) is 3.47. The predicted molar refractivity (Wildman–Crippen MR) is 76.1 cm³/mol. The van der Waals surface area contributed by atoms with Crippen molar-refractivity contribution in [3.63, 3.8) is 0 Å². The first-order valence-corrected chi connectivity index (χ1v) is 6.95. The largest absolute Gasteiger partial charge is 0.488 e. The van der Waals surface area contributed by atoms with Crippen molar-refractivity contribution in [1.29, 1.82) is 0 Å². The zero-order valence-electron chi connectivity index (χ0n) is 11.2. The highest BCUT2D eigenvalue weighted by atomic mass is 19.1. The molecule has 2 aromatic rings. The lowest BCUT2D eigenvalue weighted by atomic mass is 9.94. The Morgan fingerprint density at radius 1 is 1.20 bits per heavy atom. The number of hydrogen-bond donors (Lipinski definition) is 1. The molecule has 2 atom stereocenters. The molecule has 0 saturated carbocycles. The van der Waals surface area contributed by atoms with Crippen LogP contribution in [0.1, 0.15) is 24.4 Å². The molecule has 2 unspecified atom stereocenters. The fraction of sp³-hybridized carbons (Fsp3) is 0.294. The lowest BCUT2D eigenvalue weighted by Gasteiger charge is -2.33. The van der Waals surface area contributed by atoms with Crippen molar-refractivity contribution in [3.8, 4) is 5.75 Å². The summed E-state index contributed by atoms with van der Waals surface area (Å²) in [5.74, 6) is 0.314. The van der Waals surface area contributed by atoms with E-state index in [9.17, 15) is 4.39 Å². The molecule has 2 nitrogen and oxygen atoms in total. The summed E-state index contributed by atoms with van der Waals surface area (Å²) in [6.07, 6.45) is 2.02. The number of piperidine rings is 1. The Kier molecular flexibility index (Phi) is 3.97. The van der Waals surface area contributed by atoms with Crippen LogP contribution in [-0.4, -0.2) is 12.6 Å². The molecule has 1 saturated heterocycles. The lowest BCUT2D eigenvalue weighted by Crippen LogP contribution is -2.41. The SMILES string of the molecule is Fc1cccc(OC2CCCNC2c2[c]cccc2)c1. The number of ether oxygens (including phenoxy) is 1. The molecule has 1 radical (unpaired) electrons. The smallest absolute Gasteiger partial charge is 0.126 e. The highest BCUT2D eigenvalue weighted by molar-refractivity contribution is 5.25. The van der Waals surface area contributed by atoms with Gasteiger partial charge < -0.3 is 10.1 Å². The van der Waals surface area contributed by atoms with Gasteiger partial charge in [0.2, 0.25) is 0 Å². The van der Waals surface area contributed by atoms with E-state index in [-0.39, 0.29) is 18.0 Å². The Balaban J connectivity index is 1.79. The zero-order valence-corrected chi connectivity index (χ0v) is 11.2. The van der Waals surface area contributed by atoms with E-state index in [1.807, 2.05) is 24.3 Å². The van der Waals surface area contributed by atoms with Crippen LogP contribution in [0.4, 0.5) is 4.39 Å². The summed E-state index contributed by atoms with van der Waals surface area (Å²) in [6.45, 7) is 0.969. The molecular weight excluding hydrogens is 253 g/mol. The van der Waals surface area contributed by atoms with E-state index in [1.54, 1.807) is 12.1 Å². The molecule has 1 N–H and O–H groups in total. The molecule has 1 aliphatic heterocycles. The number of benzene rings is 2. The maximum atomic E-state index is 13.2. The first kappa shape index (κ1) is 13.1. The molecule has 1 fully saturated rings. The fourth-order valence-corrected chi connectivity index (χ4v) is 2.61. The van der Waals surface area contributed by atoms with Gasteiger partial charge >= 0.3 is 0 Å². The highest BCUT2D eigenvalue weighted by Gasteiger charge is 2.27. The molecule has 1 aliphatic rings. The summed E-state index contributed by atoms with van der Waals surface area (Å²) in [6, 6.07) is 17.6. The number of halogens is 1. The minimum atomic E-state index is -0.269. The number of hydrogen-bond acceptors (Lipinski definition) is 2. The summed E-state index contributed by atoms with van der Waals surface area (Å²) in [5.41, 5.74) is 1.09. The Labute approximate surface area is 118 Å². The molecule has 0 aromatic heterocycles. The minimum Gasteiger partial charge on any atom is -0.488 e. The molecule has 1 heterocycles. The summed E-state index contributed by atoms with van der Waals surface area (Å²) in [7, 11) is 0. The fourth-order valence-electron chi connectivity index (χ4n) is 2.61. The van der Waals surface area contributed by atoms with Crippen molar-refractivity contribution in [3.05, 3.63) is 66.0 Å². The topological polar surface area (TPSA) is 21.3 Å². The minimum absolute atomic E-state index is 0.00389. The van der Waals surface area contributed by atoms with Crippen molar-refractivity contribution in [2.24, 2.45) is 0 Å². The second kappa shape index (κ2) is 6.06. The molecule has 3 heteroatoms. The maximum absolute atomic E-state index is 13.2. The van der Waals surface area contributed by atoms with Crippen LogP contribution >= 0.6 is 0 Å². The quantitative estimate of drug-likeness (QED) is 0.921. The van der Waals surface area contributed by atoms with Gasteiger partial charge in [-0.3, -0.25) is 0 Å². The molecule has 20 heavy (non-hydrogen) atoms. The van der Waals surface area contributed by atoms with Crippen molar-refractivity contribution < 1.29 is 9.13 Å². The van der Waals surface area contributed by atoms with Gasteiger partial charge in [0.25, 0.3) is 0 Å². The normalized spacial score (nSPS) is 22.4. The Morgan fingerprint density at radius 3 is 2.95 bits per heavy atom. The Morgan fingerprint density at radius 2 is 2.15 bits per heavy atom. The second-order valence-corrected chi connectivity index (χ2v) is 5.01. The number of nitrogens with one attached hydrogen (secondary N) is 1. The summed E-state index contributed by atoms with van der Waals surface area (Å²) < 4.78 is 19.2. The van der Waals surface area contributed by atoms with Gasteiger partial charge in [-0.1, -0.05) is 30.3 Å². The van der Waals surface area contributed by atoms with Crippen LogP contribution in [0.2, 0.25) is 0 Å². The van der Waals surface area contributed by atoms with E-state index in [0.717, 1.165) is 24.9 Å². The third kappa shape index (κ3) is 2.99. The lowest BCUT2D eigenvalue weighted by molar-refractivity contribution is 0.119. The van der Waals surface area contributed by atoms with E-state index in [1.165, 1.54) is 12.1 Å². The van der Waals surface area contributed by atoms with Gasteiger partial charge in [-0.05, 0) is 43.1 Å². The summed E-state index contributed by atoms with van der Waals surface area (Å²) in [4.78, 5) is 0.